The SMILES string of the molecule is CC(=O)N1CCC(C(=O)Nc2nc3ccccc3n2-c2ccccc2)C1. The van der Waals surface area contributed by atoms with E-state index in [1.54, 1.807) is 4.90 Å². The highest BCUT2D eigenvalue weighted by Gasteiger charge is 2.30. The van der Waals surface area contributed by atoms with Gasteiger partial charge in [-0.05, 0) is 30.7 Å². The van der Waals surface area contributed by atoms with Crippen molar-refractivity contribution in [2.45, 2.75) is 13.3 Å². The van der Waals surface area contributed by atoms with Crippen LogP contribution < -0.4 is 5.32 Å². The van der Waals surface area contributed by atoms with Crippen molar-refractivity contribution in [1.29, 1.82) is 0 Å². The largest absolute Gasteiger partial charge is 0.342 e. The van der Waals surface area contributed by atoms with Crippen LogP contribution in [0.5, 0.6) is 0 Å². The van der Waals surface area contributed by atoms with E-state index in [1.807, 2.05) is 59.2 Å². The first-order valence-electron chi connectivity index (χ1n) is 8.73. The fraction of sp³-hybridized carbons (Fsp3) is 0.250. The van der Waals surface area contributed by atoms with Crippen LogP contribution in [0.1, 0.15) is 13.3 Å². The van der Waals surface area contributed by atoms with Gasteiger partial charge < -0.3 is 4.90 Å². The summed E-state index contributed by atoms with van der Waals surface area (Å²) in [5, 5.41) is 2.97. The number of nitrogens with one attached hydrogen (secondary N) is 1. The third-order valence-corrected chi connectivity index (χ3v) is 4.81. The predicted octanol–water partition coefficient (Wildman–Crippen LogP) is 2.83. The molecule has 1 unspecified atom stereocenters. The Hall–Kier alpha value is -3.15. The summed E-state index contributed by atoms with van der Waals surface area (Å²) < 4.78 is 1.95. The van der Waals surface area contributed by atoms with E-state index >= 15 is 0 Å². The van der Waals surface area contributed by atoms with Gasteiger partial charge in [-0.3, -0.25) is 19.5 Å². The van der Waals surface area contributed by atoms with Crippen LogP contribution in [0.4, 0.5) is 5.95 Å². The highest BCUT2D eigenvalue weighted by Crippen LogP contribution is 2.26. The van der Waals surface area contributed by atoms with Crippen LogP contribution >= 0.6 is 0 Å². The topological polar surface area (TPSA) is 67.2 Å². The number of amides is 2. The Morgan fingerprint density at radius 3 is 2.54 bits per heavy atom. The zero-order chi connectivity index (χ0) is 18.1. The first-order valence-corrected chi connectivity index (χ1v) is 8.73. The minimum atomic E-state index is -0.206. The minimum Gasteiger partial charge on any atom is -0.342 e. The summed E-state index contributed by atoms with van der Waals surface area (Å²) in [5.41, 5.74) is 2.70. The molecule has 2 heterocycles. The van der Waals surface area contributed by atoms with Crippen LogP contribution in [0.25, 0.3) is 16.7 Å². The molecule has 1 N–H and O–H groups in total. The number of para-hydroxylation sites is 3. The first kappa shape index (κ1) is 16.3. The Balaban J connectivity index is 1.67. The number of likely N-dealkylation sites (tertiary alicyclic amines) is 1. The number of fused-ring (bicyclic) bond motifs is 1. The second kappa shape index (κ2) is 6.63. The van der Waals surface area contributed by atoms with Crippen molar-refractivity contribution in [3.63, 3.8) is 0 Å². The number of anilines is 1. The molecule has 1 aliphatic heterocycles. The molecule has 0 aliphatic carbocycles. The van der Waals surface area contributed by atoms with Gasteiger partial charge in [0.25, 0.3) is 0 Å². The molecule has 2 aromatic carbocycles. The van der Waals surface area contributed by atoms with E-state index in [1.165, 1.54) is 6.92 Å². The van der Waals surface area contributed by atoms with Gasteiger partial charge >= 0.3 is 0 Å². The maximum atomic E-state index is 12.7. The van der Waals surface area contributed by atoms with Gasteiger partial charge in [-0.1, -0.05) is 30.3 Å². The van der Waals surface area contributed by atoms with Crippen LogP contribution in [0.2, 0.25) is 0 Å². The second-order valence-electron chi connectivity index (χ2n) is 6.53. The van der Waals surface area contributed by atoms with Crippen LogP contribution in [-0.2, 0) is 9.59 Å². The normalized spacial score (nSPS) is 16.8. The molecule has 6 heteroatoms. The number of nitrogens with zero attached hydrogens (tertiary/aromatic N) is 3. The lowest BCUT2D eigenvalue weighted by molar-refractivity contribution is -0.128. The number of carbonyl (C=O) groups is 2. The van der Waals surface area contributed by atoms with E-state index in [0.29, 0.717) is 25.5 Å². The molecule has 1 aromatic heterocycles. The Kier molecular flexibility index (Phi) is 4.16. The van der Waals surface area contributed by atoms with Gasteiger partial charge in [0.2, 0.25) is 17.8 Å². The summed E-state index contributed by atoms with van der Waals surface area (Å²) in [7, 11) is 0. The van der Waals surface area contributed by atoms with Gasteiger partial charge in [0.15, 0.2) is 0 Å². The van der Waals surface area contributed by atoms with Crippen molar-refractivity contribution in [2.75, 3.05) is 18.4 Å². The zero-order valence-electron chi connectivity index (χ0n) is 14.6. The number of hydrogen-bond donors (Lipinski definition) is 1. The lowest BCUT2D eigenvalue weighted by Crippen LogP contribution is -2.30. The third kappa shape index (κ3) is 2.94. The average molecular weight is 348 g/mol. The zero-order valence-corrected chi connectivity index (χ0v) is 14.6. The number of aromatic nitrogens is 2. The lowest BCUT2D eigenvalue weighted by atomic mass is 10.1. The first-order chi connectivity index (χ1) is 12.6. The molecule has 6 nitrogen and oxygen atoms in total. The van der Waals surface area contributed by atoms with Gasteiger partial charge in [-0.25, -0.2) is 4.98 Å². The molecule has 2 amide bonds. The van der Waals surface area contributed by atoms with Gasteiger partial charge in [0.05, 0.1) is 17.0 Å². The van der Waals surface area contributed by atoms with Gasteiger partial charge in [0.1, 0.15) is 0 Å². The summed E-state index contributed by atoms with van der Waals surface area (Å²) in [6.45, 7) is 2.63. The molecule has 1 atom stereocenters. The fourth-order valence-corrected chi connectivity index (χ4v) is 3.42. The van der Waals surface area contributed by atoms with E-state index in [-0.39, 0.29) is 17.7 Å². The molecule has 1 fully saturated rings. The number of rotatable bonds is 3. The molecule has 0 saturated carbocycles. The monoisotopic (exact) mass is 348 g/mol. The summed E-state index contributed by atoms with van der Waals surface area (Å²) >= 11 is 0. The van der Waals surface area contributed by atoms with E-state index in [9.17, 15) is 9.59 Å². The minimum absolute atomic E-state index is 0.0109. The molecule has 0 bridgehead atoms. The lowest BCUT2D eigenvalue weighted by Gasteiger charge is -2.14. The second-order valence-corrected chi connectivity index (χ2v) is 6.53. The summed E-state index contributed by atoms with van der Waals surface area (Å²) in [4.78, 5) is 30.6. The standard InChI is InChI=1S/C20H20N4O2/c1-14(25)23-12-11-15(13-23)19(26)22-20-21-17-9-5-6-10-18(17)24(20)16-7-3-2-4-8-16/h2-10,15H,11-13H2,1H3,(H,21,22,26). The number of benzene rings is 2. The quantitative estimate of drug-likeness (QED) is 0.791. The summed E-state index contributed by atoms with van der Waals surface area (Å²) in [6.07, 6.45) is 0.678. The fourth-order valence-electron chi connectivity index (χ4n) is 3.42. The Morgan fingerprint density at radius 1 is 1.08 bits per heavy atom. The molecule has 1 saturated heterocycles. The van der Waals surface area contributed by atoms with Crippen LogP contribution in [0, 0.1) is 5.92 Å². The number of imidazole rings is 1. The highest BCUT2D eigenvalue weighted by atomic mass is 16.2. The highest BCUT2D eigenvalue weighted by molar-refractivity contribution is 5.94. The molecular formula is C20H20N4O2. The van der Waals surface area contributed by atoms with E-state index in [0.717, 1.165) is 16.7 Å². The molecule has 1 aliphatic rings. The molecule has 132 valence electrons. The van der Waals surface area contributed by atoms with Crippen LogP contribution in [0.3, 0.4) is 0 Å². The van der Waals surface area contributed by atoms with E-state index in [4.69, 9.17) is 0 Å². The maximum absolute atomic E-state index is 12.7. The van der Waals surface area contributed by atoms with Crippen molar-refractivity contribution in [2.24, 2.45) is 5.92 Å². The van der Waals surface area contributed by atoms with Gasteiger partial charge in [-0.2, -0.15) is 0 Å². The van der Waals surface area contributed by atoms with E-state index in [2.05, 4.69) is 10.3 Å². The van der Waals surface area contributed by atoms with Crippen molar-refractivity contribution >= 4 is 28.8 Å². The van der Waals surface area contributed by atoms with Crippen molar-refractivity contribution in [1.82, 2.24) is 14.5 Å². The van der Waals surface area contributed by atoms with Crippen molar-refractivity contribution in [3.8, 4) is 5.69 Å². The molecule has 0 spiro atoms. The summed E-state index contributed by atoms with van der Waals surface area (Å²) in [5.74, 6) is 0.213. The molecule has 0 radical (unpaired) electrons. The maximum Gasteiger partial charge on any atom is 0.231 e. The number of hydrogen-bond acceptors (Lipinski definition) is 3. The Bertz CT molecular complexity index is 964. The van der Waals surface area contributed by atoms with Gasteiger partial charge in [0, 0.05) is 25.7 Å². The Morgan fingerprint density at radius 2 is 1.81 bits per heavy atom. The van der Waals surface area contributed by atoms with E-state index < -0.39 is 0 Å². The van der Waals surface area contributed by atoms with Crippen LogP contribution in [-0.4, -0.2) is 39.4 Å². The summed E-state index contributed by atoms with van der Waals surface area (Å²) in [6, 6.07) is 17.6. The molecule has 4 rings (SSSR count). The third-order valence-electron chi connectivity index (χ3n) is 4.81. The number of carbonyl (C=O) groups excluding carboxylic acids is 2. The molecule has 26 heavy (non-hydrogen) atoms. The molecule has 3 aromatic rings. The predicted molar refractivity (Wildman–Crippen MR) is 100 cm³/mol. The smallest absolute Gasteiger partial charge is 0.231 e. The van der Waals surface area contributed by atoms with Gasteiger partial charge in [-0.15, -0.1) is 0 Å². The Labute approximate surface area is 151 Å². The average Bonchev–Trinajstić information content (AvgIpc) is 3.27. The van der Waals surface area contributed by atoms with Crippen LogP contribution in [0.15, 0.2) is 54.6 Å². The van der Waals surface area contributed by atoms with Crippen molar-refractivity contribution in [3.05, 3.63) is 54.6 Å². The van der Waals surface area contributed by atoms with Crippen molar-refractivity contribution < 1.29 is 9.59 Å². The molecular weight excluding hydrogens is 328 g/mol.